The number of hydrogen-bond donors (Lipinski definition) is 0. The highest BCUT2D eigenvalue weighted by molar-refractivity contribution is 6.32. The summed E-state index contributed by atoms with van der Waals surface area (Å²) in [6.45, 7) is 3.41. The summed E-state index contributed by atoms with van der Waals surface area (Å²) in [5, 5.41) is 0. The van der Waals surface area contributed by atoms with Crippen molar-refractivity contribution in [2.75, 3.05) is 26.8 Å². The maximum atomic E-state index is 11.4. The highest BCUT2D eigenvalue weighted by Crippen LogP contribution is 2.08. The van der Waals surface area contributed by atoms with E-state index < -0.39 is 11.9 Å². The number of carbonyl (C=O) groups excluding carboxylic acids is 2. The van der Waals surface area contributed by atoms with Gasteiger partial charge < -0.3 is 14.4 Å². The zero-order chi connectivity index (χ0) is 10.6. The summed E-state index contributed by atoms with van der Waals surface area (Å²) in [5.41, 5.74) is 0. The van der Waals surface area contributed by atoms with Crippen LogP contribution in [0.4, 0.5) is 0 Å². The van der Waals surface area contributed by atoms with Crippen LogP contribution in [0.1, 0.15) is 13.3 Å². The maximum absolute atomic E-state index is 11.4. The second kappa shape index (κ2) is 4.95. The minimum atomic E-state index is -0.804. The van der Waals surface area contributed by atoms with Crippen LogP contribution in [0.25, 0.3) is 0 Å². The van der Waals surface area contributed by atoms with Crippen LogP contribution in [-0.2, 0) is 19.1 Å². The Labute approximate surface area is 83.0 Å². The molecule has 0 aromatic heterocycles. The second-order valence-electron chi connectivity index (χ2n) is 3.14. The fourth-order valence-corrected chi connectivity index (χ4v) is 1.37. The molecular weight excluding hydrogens is 186 g/mol. The van der Waals surface area contributed by atoms with Gasteiger partial charge in [-0.15, -0.1) is 0 Å². The molecule has 0 bridgehead atoms. The van der Waals surface area contributed by atoms with E-state index in [2.05, 4.69) is 4.74 Å². The Morgan fingerprint density at radius 1 is 1.57 bits per heavy atom. The number of nitrogens with zero attached hydrogens (tertiary/aromatic N) is 1. The van der Waals surface area contributed by atoms with Crippen molar-refractivity contribution >= 4 is 11.9 Å². The van der Waals surface area contributed by atoms with Crippen molar-refractivity contribution in [2.45, 2.75) is 19.4 Å². The third kappa shape index (κ3) is 2.45. The van der Waals surface area contributed by atoms with E-state index in [0.717, 1.165) is 6.42 Å². The number of ether oxygens (including phenoxy) is 2. The summed E-state index contributed by atoms with van der Waals surface area (Å²) in [6.07, 6.45) is 0.877. The largest absolute Gasteiger partial charge is 0.462 e. The number of methoxy groups -OCH3 is 1. The van der Waals surface area contributed by atoms with Gasteiger partial charge in [0.05, 0.1) is 19.8 Å². The van der Waals surface area contributed by atoms with Crippen LogP contribution in [0, 0.1) is 0 Å². The number of hydrogen-bond acceptors (Lipinski definition) is 4. The SMILES string of the molecule is CCC1CN(C(=O)C(=O)OC)CCO1. The molecule has 1 amide bonds. The minimum absolute atomic E-state index is 0.0392. The van der Waals surface area contributed by atoms with Crippen LogP contribution >= 0.6 is 0 Å². The molecule has 1 heterocycles. The molecule has 0 spiro atoms. The van der Waals surface area contributed by atoms with Gasteiger partial charge in [0.25, 0.3) is 0 Å². The summed E-state index contributed by atoms with van der Waals surface area (Å²) in [4.78, 5) is 23.8. The van der Waals surface area contributed by atoms with Crippen LogP contribution in [0.5, 0.6) is 0 Å². The normalized spacial score (nSPS) is 21.9. The monoisotopic (exact) mass is 201 g/mol. The second-order valence-corrected chi connectivity index (χ2v) is 3.14. The van der Waals surface area contributed by atoms with Gasteiger partial charge in [-0.1, -0.05) is 6.92 Å². The molecule has 0 aliphatic carbocycles. The van der Waals surface area contributed by atoms with E-state index in [1.165, 1.54) is 12.0 Å². The van der Waals surface area contributed by atoms with Gasteiger partial charge >= 0.3 is 11.9 Å². The smallest absolute Gasteiger partial charge is 0.396 e. The average molecular weight is 201 g/mol. The van der Waals surface area contributed by atoms with E-state index in [1.807, 2.05) is 6.92 Å². The Kier molecular flexibility index (Phi) is 3.88. The van der Waals surface area contributed by atoms with Crippen molar-refractivity contribution in [3.63, 3.8) is 0 Å². The molecular formula is C9H15NO4. The fourth-order valence-electron chi connectivity index (χ4n) is 1.37. The molecule has 14 heavy (non-hydrogen) atoms. The first-order valence-electron chi connectivity index (χ1n) is 4.67. The molecule has 1 aliphatic rings. The lowest BCUT2D eigenvalue weighted by molar-refractivity contribution is -0.161. The van der Waals surface area contributed by atoms with E-state index in [4.69, 9.17) is 4.74 Å². The first-order chi connectivity index (χ1) is 6.69. The van der Waals surface area contributed by atoms with Crippen molar-refractivity contribution in [1.29, 1.82) is 0 Å². The number of esters is 1. The Hall–Kier alpha value is -1.10. The number of amides is 1. The van der Waals surface area contributed by atoms with E-state index >= 15 is 0 Å². The Morgan fingerprint density at radius 2 is 2.29 bits per heavy atom. The molecule has 1 atom stereocenters. The summed E-state index contributed by atoms with van der Waals surface area (Å²) in [5.74, 6) is -1.38. The predicted molar refractivity (Wildman–Crippen MR) is 48.6 cm³/mol. The standard InChI is InChI=1S/C9H15NO4/c1-3-7-6-10(4-5-14-7)8(11)9(12)13-2/h7H,3-6H2,1-2H3. The maximum Gasteiger partial charge on any atom is 0.396 e. The van der Waals surface area contributed by atoms with Crippen LogP contribution in [0.3, 0.4) is 0 Å². The zero-order valence-corrected chi connectivity index (χ0v) is 8.49. The van der Waals surface area contributed by atoms with Gasteiger partial charge in [0.15, 0.2) is 0 Å². The van der Waals surface area contributed by atoms with Gasteiger partial charge in [0, 0.05) is 13.1 Å². The molecule has 5 nitrogen and oxygen atoms in total. The predicted octanol–water partition coefficient (Wildman–Crippen LogP) is -0.203. The molecule has 0 N–H and O–H groups in total. The summed E-state index contributed by atoms with van der Waals surface area (Å²) >= 11 is 0. The number of rotatable bonds is 1. The molecule has 0 saturated carbocycles. The van der Waals surface area contributed by atoms with Gasteiger partial charge in [-0.2, -0.15) is 0 Å². The summed E-state index contributed by atoms with van der Waals surface area (Å²) < 4.78 is 9.74. The van der Waals surface area contributed by atoms with Crippen molar-refractivity contribution in [2.24, 2.45) is 0 Å². The lowest BCUT2D eigenvalue weighted by Gasteiger charge is -2.31. The van der Waals surface area contributed by atoms with Gasteiger partial charge in [-0.3, -0.25) is 4.79 Å². The quantitative estimate of drug-likeness (QED) is 0.435. The summed E-state index contributed by atoms with van der Waals surface area (Å²) in [7, 11) is 1.21. The van der Waals surface area contributed by atoms with E-state index in [9.17, 15) is 9.59 Å². The molecule has 5 heteroatoms. The Morgan fingerprint density at radius 3 is 2.86 bits per heavy atom. The van der Waals surface area contributed by atoms with Crippen LogP contribution in [0.15, 0.2) is 0 Å². The molecule has 0 aromatic rings. The van der Waals surface area contributed by atoms with E-state index in [0.29, 0.717) is 19.7 Å². The fraction of sp³-hybridized carbons (Fsp3) is 0.778. The number of carbonyl (C=O) groups is 2. The van der Waals surface area contributed by atoms with Crippen LogP contribution < -0.4 is 0 Å². The molecule has 0 radical (unpaired) electrons. The summed E-state index contributed by atoms with van der Waals surface area (Å²) in [6, 6.07) is 0. The van der Waals surface area contributed by atoms with Crippen molar-refractivity contribution in [3.8, 4) is 0 Å². The van der Waals surface area contributed by atoms with Crippen molar-refractivity contribution < 1.29 is 19.1 Å². The lowest BCUT2D eigenvalue weighted by atomic mass is 10.2. The number of morpholine rings is 1. The van der Waals surface area contributed by atoms with Crippen molar-refractivity contribution in [3.05, 3.63) is 0 Å². The van der Waals surface area contributed by atoms with Crippen LogP contribution in [-0.4, -0.2) is 49.7 Å². The van der Waals surface area contributed by atoms with E-state index in [-0.39, 0.29) is 6.10 Å². The van der Waals surface area contributed by atoms with Crippen molar-refractivity contribution in [1.82, 2.24) is 4.90 Å². The molecule has 80 valence electrons. The molecule has 1 aliphatic heterocycles. The molecule has 0 aromatic carbocycles. The third-order valence-corrected chi connectivity index (χ3v) is 2.24. The Bertz CT molecular complexity index is 229. The van der Waals surface area contributed by atoms with Gasteiger partial charge in [-0.25, -0.2) is 4.79 Å². The topological polar surface area (TPSA) is 55.8 Å². The van der Waals surface area contributed by atoms with Gasteiger partial charge in [-0.05, 0) is 6.42 Å². The molecule has 1 rings (SSSR count). The minimum Gasteiger partial charge on any atom is -0.462 e. The highest BCUT2D eigenvalue weighted by atomic mass is 16.5. The first kappa shape index (κ1) is 11.0. The van der Waals surface area contributed by atoms with Crippen LogP contribution in [0.2, 0.25) is 0 Å². The molecule has 1 saturated heterocycles. The Balaban J connectivity index is 2.51. The molecule has 1 fully saturated rings. The van der Waals surface area contributed by atoms with E-state index in [1.54, 1.807) is 0 Å². The van der Waals surface area contributed by atoms with Gasteiger partial charge in [0.2, 0.25) is 0 Å². The third-order valence-electron chi connectivity index (χ3n) is 2.24. The molecule has 1 unspecified atom stereocenters. The highest BCUT2D eigenvalue weighted by Gasteiger charge is 2.27. The van der Waals surface area contributed by atoms with Gasteiger partial charge in [0.1, 0.15) is 0 Å². The zero-order valence-electron chi connectivity index (χ0n) is 8.49. The first-order valence-corrected chi connectivity index (χ1v) is 4.67. The average Bonchev–Trinajstić information content (AvgIpc) is 2.27. The lowest BCUT2D eigenvalue weighted by Crippen LogP contribution is -2.48.